The van der Waals surface area contributed by atoms with Crippen LogP contribution in [0.2, 0.25) is 19.6 Å². The third-order valence-electron chi connectivity index (χ3n) is 5.55. The summed E-state index contributed by atoms with van der Waals surface area (Å²) in [6, 6.07) is 16.0. The maximum absolute atomic E-state index is 13.5. The van der Waals surface area contributed by atoms with Crippen molar-refractivity contribution in [1.82, 2.24) is 14.9 Å². The molecule has 0 fully saturated rings. The van der Waals surface area contributed by atoms with Crippen LogP contribution in [0.15, 0.2) is 72.1 Å². The van der Waals surface area contributed by atoms with Crippen molar-refractivity contribution in [1.29, 1.82) is 0 Å². The van der Waals surface area contributed by atoms with Gasteiger partial charge in [0.15, 0.2) is 11.5 Å². The molecule has 0 saturated heterocycles. The lowest BCUT2D eigenvalue weighted by atomic mass is 9.82. The standard InChI is InChI=1S/C23H25N5OSi/c1-28-21(29)23(27-22(28)24,17-8-10-19(11-9-17)30(2,3)4)18-7-5-6-16(14-18)20-15-25-12-13-26-20/h5-15H,1-4H3,(H2,24,27)/q-1. The van der Waals surface area contributed by atoms with Gasteiger partial charge in [0.05, 0.1) is 11.9 Å². The average Bonchev–Trinajstić information content (AvgIpc) is 2.99. The highest BCUT2D eigenvalue weighted by atomic mass is 28.3. The van der Waals surface area contributed by atoms with Crippen molar-refractivity contribution in [3.8, 4) is 11.3 Å². The Balaban J connectivity index is 1.90. The molecule has 2 heterocycles. The van der Waals surface area contributed by atoms with Crippen LogP contribution in [0.4, 0.5) is 0 Å². The fourth-order valence-electron chi connectivity index (χ4n) is 3.75. The summed E-state index contributed by atoms with van der Waals surface area (Å²) in [5, 5.41) is 1.32. The molecular weight excluding hydrogens is 390 g/mol. The van der Waals surface area contributed by atoms with Gasteiger partial charge >= 0.3 is 0 Å². The van der Waals surface area contributed by atoms with E-state index >= 15 is 0 Å². The molecule has 1 aromatic heterocycles. The molecule has 0 radical (unpaired) electrons. The van der Waals surface area contributed by atoms with Gasteiger partial charge in [0.25, 0.3) is 5.91 Å². The Kier molecular flexibility index (Phi) is 4.78. The Hall–Kier alpha value is -3.32. The predicted molar refractivity (Wildman–Crippen MR) is 122 cm³/mol. The zero-order valence-corrected chi connectivity index (χ0v) is 18.6. The Labute approximate surface area is 177 Å². The third-order valence-corrected chi connectivity index (χ3v) is 7.61. The molecule has 2 N–H and O–H groups in total. The van der Waals surface area contributed by atoms with Gasteiger partial charge in [-0.05, 0) is 17.2 Å². The minimum atomic E-state index is -1.47. The Morgan fingerprint density at radius 3 is 2.30 bits per heavy atom. The number of likely N-dealkylation sites (N-methyl/N-ethyl adjacent to an activating group) is 1. The van der Waals surface area contributed by atoms with Gasteiger partial charge < -0.3 is 5.73 Å². The summed E-state index contributed by atoms with van der Waals surface area (Å²) in [6.07, 6.45) is 4.99. The van der Waals surface area contributed by atoms with E-state index in [1.54, 1.807) is 25.6 Å². The van der Waals surface area contributed by atoms with Gasteiger partial charge in [-0.25, -0.2) is 4.99 Å². The summed E-state index contributed by atoms with van der Waals surface area (Å²) in [5.74, 6) is 0.0382. The fraction of sp³-hybridized carbons (Fsp3) is 0.217. The van der Waals surface area contributed by atoms with Gasteiger partial charge in [-0.2, -0.15) is 24.8 Å². The topological polar surface area (TPSA) is 84.5 Å². The van der Waals surface area contributed by atoms with Gasteiger partial charge in [-0.15, -0.1) is 8.07 Å². The maximum atomic E-state index is 13.5. The summed E-state index contributed by atoms with van der Waals surface area (Å²) in [5.41, 5.74) is 8.06. The van der Waals surface area contributed by atoms with E-state index in [0.717, 1.165) is 22.4 Å². The lowest BCUT2D eigenvalue weighted by Gasteiger charge is -2.31. The fourth-order valence-corrected chi connectivity index (χ4v) is 4.91. The van der Waals surface area contributed by atoms with Crippen molar-refractivity contribution >= 4 is 25.1 Å². The second-order valence-corrected chi connectivity index (χ2v) is 13.6. The molecule has 3 aromatic rings. The van der Waals surface area contributed by atoms with Crippen LogP contribution >= 0.6 is 0 Å². The van der Waals surface area contributed by atoms with Gasteiger partial charge in [0.2, 0.25) is 0 Å². The van der Waals surface area contributed by atoms with Crippen molar-refractivity contribution < 1.29 is 4.79 Å². The van der Waals surface area contributed by atoms with Crippen molar-refractivity contribution in [3.63, 3.8) is 0 Å². The number of rotatable bonds is 4. The normalized spacial score (nSPS) is 19.1. The molecule has 0 spiro atoms. The molecule has 153 valence electrons. The molecular formula is C23H25N5OSi-. The number of guanidine groups is 1. The van der Waals surface area contributed by atoms with E-state index in [1.165, 1.54) is 10.1 Å². The lowest BCUT2D eigenvalue weighted by Crippen LogP contribution is -2.42. The van der Waals surface area contributed by atoms with Crippen molar-refractivity contribution in [2.75, 3.05) is 7.05 Å². The van der Waals surface area contributed by atoms with Gasteiger partial charge in [0, 0.05) is 25.0 Å². The molecule has 1 atom stereocenters. The number of aliphatic imine (C=N–C) groups is 1. The molecule has 0 saturated carbocycles. The summed E-state index contributed by atoms with van der Waals surface area (Å²) in [6.45, 7) is 6.90. The highest BCUT2D eigenvalue weighted by Crippen LogP contribution is 2.40. The first-order valence-electron chi connectivity index (χ1n) is 9.85. The van der Waals surface area contributed by atoms with E-state index in [4.69, 9.17) is 10.7 Å². The maximum Gasteiger partial charge on any atom is 0.266 e. The van der Waals surface area contributed by atoms with E-state index < -0.39 is 13.6 Å². The molecule has 1 unspecified atom stereocenters. The van der Waals surface area contributed by atoms with Gasteiger partial charge in [0.1, 0.15) is 0 Å². The first kappa shape index (κ1) is 20.0. The summed E-state index contributed by atoms with van der Waals surface area (Å²) in [7, 11) is 0.191. The van der Waals surface area contributed by atoms with E-state index in [0.29, 0.717) is 0 Å². The molecule has 4 rings (SSSR count). The number of nitrogens with two attached hydrogens (primary N) is 1. The van der Waals surface area contributed by atoms with Crippen LogP contribution in [0, 0.1) is 0 Å². The minimum absolute atomic E-state index is 0.169. The van der Waals surface area contributed by atoms with Crippen molar-refractivity contribution in [3.05, 3.63) is 78.2 Å². The van der Waals surface area contributed by atoms with Crippen molar-refractivity contribution in [2.45, 2.75) is 25.2 Å². The second-order valence-electron chi connectivity index (χ2n) is 8.54. The SMILES string of the molecule is CN1C(=O)C(c2ccc([Si-](C)(C)C)cc2)(c2cccc(-c3cnccn3)c2)N=C1N. The Morgan fingerprint density at radius 1 is 1.00 bits per heavy atom. The van der Waals surface area contributed by atoms with Crippen LogP contribution in [0.1, 0.15) is 11.1 Å². The van der Waals surface area contributed by atoms with E-state index in [9.17, 15) is 4.79 Å². The monoisotopic (exact) mass is 415 g/mol. The zero-order chi connectivity index (χ0) is 21.5. The highest BCUT2D eigenvalue weighted by Gasteiger charge is 2.49. The molecule has 6 nitrogen and oxygen atoms in total. The Morgan fingerprint density at radius 2 is 1.73 bits per heavy atom. The molecule has 30 heavy (non-hydrogen) atoms. The van der Waals surface area contributed by atoms with Crippen molar-refractivity contribution in [2.24, 2.45) is 10.7 Å². The first-order valence-corrected chi connectivity index (χ1v) is 13.3. The number of carbonyl (C=O) groups excluding carboxylic acids is 1. The zero-order valence-electron chi connectivity index (χ0n) is 17.6. The van der Waals surface area contributed by atoms with Crippen LogP contribution in [-0.2, 0) is 10.3 Å². The highest BCUT2D eigenvalue weighted by molar-refractivity contribution is 6.88. The van der Waals surface area contributed by atoms with Gasteiger partial charge in [-0.1, -0.05) is 42.5 Å². The average molecular weight is 416 g/mol. The summed E-state index contributed by atoms with van der Waals surface area (Å²) < 4.78 is 0. The number of nitrogens with zero attached hydrogens (tertiary/aromatic N) is 4. The van der Waals surface area contributed by atoms with Crippen LogP contribution in [0.5, 0.6) is 0 Å². The number of carbonyl (C=O) groups is 1. The molecule has 7 heteroatoms. The number of amides is 1. The molecule has 0 bridgehead atoms. The van der Waals surface area contributed by atoms with Gasteiger partial charge in [-0.3, -0.25) is 19.7 Å². The van der Waals surface area contributed by atoms with Crippen LogP contribution in [-0.4, -0.2) is 41.9 Å². The lowest BCUT2D eigenvalue weighted by molar-refractivity contribution is -0.129. The van der Waals surface area contributed by atoms with E-state index in [-0.39, 0.29) is 11.9 Å². The van der Waals surface area contributed by atoms with Crippen LogP contribution < -0.4 is 10.9 Å². The van der Waals surface area contributed by atoms with Crippen LogP contribution in [0.25, 0.3) is 11.3 Å². The number of benzene rings is 2. The predicted octanol–water partition coefficient (Wildman–Crippen LogP) is 2.72. The molecule has 1 amide bonds. The molecule has 1 aliphatic rings. The number of hydrogen-bond donors (Lipinski definition) is 1. The smallest absolute Gasteiger partial charge is 0.266 e. The number of hydrogen-bond acceptors (Lipinski definition) is 5. The number of aromatic nitrogens is 2. The third kappa shape index (κ3) is 3.21. The minimum Gasteiger partial charge on any atom is -0.369 e. The molecule has 2 aromatic carbocycles. The summed E-state index contributed by atoms with van der Waals surface area (Å²) >= 11 is 0. The quantitative estimate of drug-likeness (QED) is 0.664. The first-order chi connectivity index (χ1) is 14.2. The van der Waals surface area contributed by atoms with E-state index in [2.05, 4.69) is 41.7 Å². The molecule has 1 aliphatic heterocycles. The second kappa shape index (κ2) is 7.18. The van der Waals surface area contributed by atoms with E-state index in [1.807, 2.05) is 36.4 Å². The largest absolute Gasteiger partial charge is 0.369 e. The van der Waals surface area contributed by atoms with Crippen LogP contribution in [0.3, 0.4) is 0 Å². The Bertz CT molecular complexity index is 1120. The molecule has 0 aliphatic carbocycles. The summed E-state index contributed by atoms with van der Waals surface area (Å²) in [4.78, 5) is 28.1.